The second-order valence-corrected chi connectivity index (χ2v) is 5.13. The van der Waals surface area contributed by atoms with Crippen LogP contribution >= 0.6 is 0 Å². The molecule has 2 rings (SSSR count). The van der Waals surface area contributed by atoms with E-state index in [1.807, 2.05) is 19.9 Å². The van der Waals surface area contributed by atoms with Crippen molar-refractivity contribution in [1.82, 2.24) is 9.80 Å². The van der Waals surface area contributed by atoms with Crippen LogP contribution in [0.4, 0.5) is 0 Å². The third kappa shape index (κ3) is 4.48. The van der Waals surface area contributed by atoms with E-state index in [9.17, 15) is 9.59 Å². The minimum absolute atomic E-state index is 0.0411. The highest BCUT2D eigenvalue weighted by atomic mass is 16.3. The van der Waals surface area contributed by atoms with E-state index in [1.165, 1.54) is 12.5 Å². The maximum atomic E-state index is 12.6. The van der Waals surface area contributed by atoms with E-state index < -0.39 is 0 Å². The van der Waals surface area contributed by atoms with E-state index in [4.69, 9.17) is 8.83 Å². The molecule has 2 heterocycles. The van der Waals surface area contributed by atoms with Crippen LogP contribution in [-0.4, -0.2) is 41.2 Å². The lowest BCUT2D eigenvalue weighted by molar-refractivity contribution is -0.131. The molecule has 124 valence electrons. The molecular weight excluding hydrogens is 296 g/mol. The largest absolute Gasteiger partial charge is 0.472 e. The van der Waals surface area contributed by atoms with Crippen molar-refractivity contribution in [2.75, 3.05) is 19.6 Å². The molecule has 2 amide bonds. The van der Waals surface area contributed by atoms with Gasteiger partial charge in [0.2, 0.25) is 5.91 Å². The Morgan fingerprint density at radius 1 is 1.09 bits per heavy atom. The molecule has 0 fully saturated rings. The molecule has 0 aliphatic carbocycles. The fraction of sp³-hybridized carbons (Fsp3) is 0.412. The van der Waals surface area contributed by atoms with E-state index in [1.54, 1.807) is 28.2 Å². The highest BCUT2D eigenvalue weighted by Gasteiger charge is 2.20. The number of rotatable bonds is 8. The number of carbonyl (C=O) groups excluding carboxylic acids is 2. The van der Waals surface area contributed by atoms with Gasteiger partial charge in [0, 0.05) is 26.1 Å². The molecule has 0 atom stereocenters. The summed E-state index contributed by atoms with van der Waals surface area (Å²) in [4.78, 5) is 28.1. The number of nitrogens with zero attached hydrogens (tertiary/aromatic N) is 2. The van der Waals surface area contributed by atoms with Gasteiger partial charge in [-0.25, -0.2) is 0 Å². The van der Waals surface area contributed by atoms with Crippen molar-refractivity contribution >= 4 is 11.8 Å². The van der Waals surface area contributed by atoms with Gasteiger partial charge < -0.3 is 18.6 Å². The summed E-state index contributed by atoms with van der Waals surface area (Å²) < 4.78 is 10.3. The van der Waals surface area contributed by atoms with E-state index in [-0.39, 0.29) is 18.2 Å². The van der Waals surface area contributed by atoms with Gasteiger partial charge in [-0.15, -0.1) is 0 Å². The van der Waals surface area contributed by atoms with Crippen molar-refractivity contribution in [2.45, 2.75) is 26.8 Å². The van der Waals surface area contributed by atoms with Gasteiger partial charge >= 0.3 is 0 Å². The quantitative estimate of drug-likeness (QED) is 0.750. The molecule has 0 N–H and O–H groups in total. The fourth-order valence-corrected chi connectivity index (χ4v) is 2.38. The third-order valence-corrected chi connectivity index (χ3v) is 3.69. The van der Waals surface area contributed by atoms with E-state index >= 15 is 0 Å². The normalized spacial score (nSPS) is 10.5. The molecule has 0 bridgehead atoms. The third-order valence-electron chi connectivity index (χ3n) is 3.69. The fourth-order valence-electron chi connectivity index (χ4n) is 2.38. The lowest BCUT2D eigenvalue weighted by Gasteiger charge is -2.23. The molecular formula is C17H22N2O4. The number of hydrogen-bond acceptors (Lipinski definition) is 4. The van der Waals surface area contributed by atoms with Gasteiger partial charge in [0.15, 0.2) is 0 Å². The lowest BCUT2D eigenvalue weighted by atomic mass is 10.2. The number of furan rings is 2. The van der Waals surface area contributed by atoms with Crippen molar-refractivity contribution in [3.05, 3.63) is 48.3 Å². The molecule has 0 aliphatic rings. The zero-order valence-corrected chi connectivity index (χ0v) is 13.5. The molecule has 0 saturated carbocycles. The molecule has 0 unspecified atom stereocenters. The Bertz CT molecular complexity index is 601. The summed E-state index contributed by atoms with van der Waals surface area (Å²) in [6.07, 6.45) is 4.71. The zero-order valence-electron chi connectivity index (χ0n) is 13.5. The summed E-state index contributed by atoms with van der Waals surface area (Å²) in [6, 6.07) is 5.20. The van der Waals surface area contributed by atoms with E-state index in [0.29, 0.717) is 37.5 Å². The summed E-state index contributed by atoms with van der Waals surface area (Å²) in [5, 5.41) is 0. The Balaban J connectivity index is 2.04. The van der Waals surface area contributed by atoms with Crippen molar-refractivity contribution < 1.29 is 18.4 Å². The molecule has 2 aromatic heterocycles. The molecule has 0 saturated heterocycles. The standard InChI is InChI=1S/C17H22N2O4/c1-3-18(4-2)16(20)7-9-19(12-15-6-5-10-23-15)17(21)14-8-11-22-13-14/h5-6,8,10-11,13H,3-4,7,9,12H2,1-2H3. The maximum Gasteiger partial charge on any atom is 0.257 e. The molecule has 0 spiro atoms. The van der Waals surface area contributed by atoms with Crippen molar-refractivity contribution in [2.24, 2.45) is 0 Å². The van der Waals surface area contributed by atoms with Crippen molar-refractivity contribution in [1.29, 1.82) is 0 Å². The summed E-state index contributed by atoms with van der Waals surface area (Å²) in [7, 11) is 0. The molecule has 0 aromatic carbocycles. The van der Waals surface area contributed by atoms with Gasteiger partial charge in [-0.05, 0) is 32.0 Å². The van der Waals surface area contributed by atoms with Crippen LogP contribution in [-0.2, 0) is 11.3 Å². The Labute approximate surface area is 135 Å². The summed E-state index contributed by atoms with van der Waals surface area (Å²) in [5.41, 5.74) is 0.465. The molecule has 2 aromatic rings. The highest BCUT2D eigenvalue weighted by Crippen LogP contribution is 2.12. The van der Waals surface area contributed by atoms with Gasteiger partial charge in [0.1, 0.15) is 12.0 Å². The smallest absolute Gasteiger partial charge is 0.257 e. The van der Waals surface area contributed by atoms with Gasteiger partial charge in [-0.2, -0.15) is 0 Å². The average Bonchev–Trinajstić information content (AvgIpc) is 3.25. The van der Waals surface area contributed by atoms with Crippen molar-refractivity contribution in [3.8, 4) is 0 Å². The van der Waals surface area contributed by atoms with Gasteiger partial charge in [-0.3, -0.25) is 9.59 Å². The second kappa shape index (κ2) is 8.22. The van der Waals surface area contributed by atoms with Crippen molar-refractivity contribution in [3.63, 3.8) is 0 Å². The zero-order chi connectivity index (χ0) is 16.7. The summed E-state index contributed by atoms with van der Waals surface area (Å²) in [5.74, 6) is 0.541. The van der Waals surface area contributed by atoms with Crippen LogP contribution in [0.2, 0.25) is 0 Å². The van der Waals surface area contributed by atoms with Crippen LogP contribution in [0.25, 0.3) is 0 Å². The minimum Gasteiger partial charge on any atom is -0.472 e. The Hall–Kier alpha value is -2.50. The second-order valence-electron chi connectivity index (χ2n) is 5.13. The monoisotopic (exact) mass is 318 g/mol. The molecule has 6 nitrogen and oxygen atoms in total. The van der Waals surface area contributed by atoms with Crippen LogP contribution in [0, 0.1) is 0 Å². The van der Waals surface area contributed by atoms with E-state index in [2.05, 4.69) is 0 Å². The molecule has 0 aliphatic heterocycles. The number of hydrogen-bond donors (Lipinski definition) is 0. The molecule has 0 radical (unpaired) electrons. The van der Waals surface area contributed by atoms with Gasteiger partial charge in [-0.1, -0.05) is 0 Å². The topological polar surface area (TPSA) is 66.9 Å². The molecule has 6 heteroatoms. The highest BCUT2D eigenvalue weighted by molar-refractivity contribution is 5.94. The number of carbonyl (C=O) groups is 2. The Morgan fingerprint density at radius 3 is 2.43 bits per heavy atom. The number of amides is 2. The maximum absolute atomic E-state index is 12.6. The predicted molar refractivity (Wildman–Crippen MR) is 84.7 cm³/mol. The van der Waals surface area contributed by atoms with E-state index in [0.717, 1.165) is 0 Å². The first-order valence-electron chi connectivity index (χ1n) is 7.77. The Morgan fingerprint density at radius 2 is 1.87 bits per heavy atom. The SMILES string of the molecule is CCN(CC)C(=O)CCN(Cc1ccco1)C(=O)c1ccoc1. The first kappa shape index (κ1) is 16.9. The summed E-state index contributed by atoms with van der Waals surface area (Å²) >= 11 is 0. The molecule has 23 heavy (non-hydrogen) atoms. The van der Waals surface area contributed by atoms with Gasteiger partial charge in [0.25, 0.3) is 5.91 Å². The van der Waals surface area contributed by atoms with Crippen LogP contribution < -0.4 is 0 Å². The Kier molecular flexibility index (Phi) is 6.02. The van der Waals surface area contributed by atoms with Crippen LogP contribution in [0.3, 0.4) is 0 Å². The first-order chi connectivity index (χ1) is 11.2. The van der Waals surface area contributed by atoms with Crippen LogP contribution in [0.1, 0.15) is 36.4 Å². The predicted octanol–water partition coefficient (Wildman–Crippen LogP) is 2.77. The van der Waals surface area contributed by atoms with Crippen LogP contribution in [0.15, 0.2) is 45.8 Å². The average molecular weight is 318 g/mol. The van der Waals surface area contributed by atoms with Crippen LogP contribution in [0.5, 0.6) is 0 Å². The lowest BCUT2D eigenvalue weighted by Crippen LogP contribution is -2.36. The first-order valence-corrected chi connectivity index (χ1v) is 7.77. The summed E-state index contributed by atoms with van der Waals surface area (Å²) in [6.45, 7) is 5.88. The van der Waals surface area contributed by atoms with Gasteiger partial charge in [0.05, 0.1) is 24.6 Å². The minimum atomic E-state index is -0.178.